The van der Waals surface area contributed by atoms with Crippen molar-refractivity contribution in [3.63, 3.8) is 0 Å². The predicted octanol–water partition coefficient (Wildman–Crippen LogP) is 3.31. The van der Waals surface area contributed by atoms with Gasteiger partial charge in [0.25, 0.3) is 5.91 Å². The van der Waals surface area contributed by atoms with Crippen LogP contribution >= 0.6 is 23.2 Å². The van der Waals surface area contributed by atoms with Crippen LogP contribution in [0.15, 0.2) is 36.5 Å². The van der Waals surface area contributed by atoms with E-state index >= 15 is 0 Å². The number of anilines is 2. The minimum atomic E-state index is -0.737. The van der Waals surface area contributed by atoms with Gasteiger partial charge in [-0.2, -0.15) is 0 Å². The van der Waals surface area contributed by atoms with Crippen molar-refractivity contribution < 1.29 is 19.1 Å². The zero-order valence-corrected chi connectivity index (χ0v) is 15.6. The van der Waals surface area contributed by atoms with Crippen LogP contribution in [-0.4, -0.2) is 35.9 Å². The van der Waals surface area contributed by atoms with Gasteiger partial charge >= 0.3 is 5.97 Å². The van der Waals surface area contributed by atoms with Crippen LogP contribution in [0.4, 0.5) is 11.4 Å². The second-order valence-corrected chi connectivity index (χ2v) is 6.58. The minimum Gasteiger partial charge on any atom is -0.452 e. The first-order chi connectivity index (χ1) is 12.9. The van der Waals surface area contributed by atoms with Gasteiger partial charge in [0.15, 0.2) is 6.61 Å². The Kier molecular flexibility index (Phi) is 5.93. The normalized spacial score (nSPS) is 13.6. The van der Waals surface area contributed by atoms with Gasteiger partial charge < -0.3 is 15.0 Å². The van der Waals surface area contributed by atoms with E-state index in [9.17, 15) is 14.4 Å². The largest absolute Gasteiger partial charge is 0.452 e. The molecule has 1 aromatic carbocycles. The van der Waals surface area contributed by atoms with Gasteiger partial charge in [0.2, 0.25) is 5.91 Å². The third-order valence-corrected chi connectivity index (χ3v) is 4.59. The Morgan fingerprint density at radius 1 is 1.22 bits per heavy atom. The molecule has 2 amide bonds. The summed E-state index contributed by atoms with van der Waals surface area (Å²) in [4.78, 5) is 41.0. The Balaban J connectivity index is 1.52. The molecule has 0 atom stereocenters. The highest BCUT2D eigenvalue weighted by Crippen LogP contribution is 2.23. The van der Waals surface area contributed by atoms with Gasteiger partial charge in [-0.3, -0.25) is 9.59 Å². The molecule has 1 saturated heterocycles. The lowest BCUT2D eigenvalue weighted by Gasteiger charge is -2.16. The molecule has 0 bridgehead atoms. The lowest BCUT2D eigenvalue weighted by Crippen LogP contribution is -2.23. The van der Waals surface area contributed by atoms with E-state index in [-0.39, 0.29) is 21.6 Å². The van der Waals surface area contributed by atoms with Crippen molar-refractivity contribution in [2.45, 2.75) is 12.8 Å². The van der Waals surface area contributed by atoms with Crippen LogP contribution in [0.1, 0.15) is 23.2 Å². The van der Waals surface area contributed by atoms with Crippen molar-refractivity contribution >= 4 is 52.4 Å². The maximum Gasteiger partial charge on any atom is 0.340 e. The number of pyridine rings is 1. The summed E-state index contributed by atoms with van der Waals surface area (Å²) >= 11 is 11.5. The number of benzene rings is 1. The van der Waals surface area contributed by atoms with Gasteiger partial charge in [-0.05, 0) is 36.8 Å². The Morgan fingerprint density at radius 3 is 2.59 bits per heavy atom. The molecule has 140 valence electrons. The van der Waals surface area contributed by atoms with E-state index < -0.39 is 18.5 Å². The fourth-order valence-electron chi connectivity index (χ4n) is 2.59. The van der Waals surface area contributed by atoms with Gasteiger partial charge in [0.1, 0.15) is 5.15 Å². The van der Waals surface area contributed by atoms with Gasteiger partial charge in [-0.25, -0.2) is 9.78 Å². The molecule has 9 heteroatoms. The number of nitrogens with one attached hydrogen (secondary N) is 1. The second-order valence-electron chi connectivity index (χ2n) is 5.82. The molecule has 0 saturated carbocycles. The highest BCUT2D eigenvalue weighted by atomic mass is 35.5. The fraction of sp³-hybridized carbons (Fsp3) is 0.222. The molecule has 0 aliphatic carbocycles. The van der Waals surface area contributed by atoms with E-state index in [1.165, 1.54) is 12.3 Å². The van der Waals surface area contributed by atoms with Gasteiger partial charge in [0.05, 0.1) is 10.6 Å². The van der Waals surface area contributed by atoms with Crippen LogP contribution in [0.3, 0.4) is 0 Å². The lowest BCUT2D eigenvalue weighted by atomic mass is 10.2. The molecule has 1 aliphatic rings. The summed E-state index contributed by atoms with van der Waals surface area (Å²) in [6.45, 7) is 0.232. The molecule has 1 fully saturated rings. The summed E-state index contributed by atoms with van der Waals surface area (Å²) in [5.74, 6) is -1.14. The van der Waals surface area contributed by atoms with Crippen molar-refractivity contribution in [3.05, 3.63) is 52.3 Å². The van der Waals surface area contributed by atoms with E-state index in [0.717, 1.165) is 12.1 Å². The van der Waals surface area contributed by atoms with Crippen molar-refractivity contribution in [1.29, 1.82) is 0 Å². The summed E-state index contributed by atoms with van der Waals surface area (Å²) in [6.07, 6.45) is 2.61. The molecule has 1 aliphatic heterocycles. The number of hydrogen-bond donors (Lipinski definition) is 1. The topological polar surface area (TPSA) is 88.6 Å². The van der Waals surface area contributed by atoms with Crippen LogP contribution in [-0.2, 0) is 14.3 Å². The summed E-state index contributed by atoms with van der Waals surface area (Å²) in [5.41, 5.74) is 1.41. The average molecular weight is 408 g/mol. The smallest absolute Gasteiger partial charge is 0.340 e. The summed E-state index contributed by atoms with van der Waals surface area (Å²) in [6, 6.07) is 8.20. The molecule has 0 spiro atoms. The first-order valence-electron chi connectivity index (χ1n) is 8.12. The number of aromatic nitrogens is 1. The van der Waals surface area contributed by atoms with Crippen molar-refractivity contribution in [3.8, 4) is 0 Å². The highest BCUT2D eigenvalue weighted by molar-refractivity contribution is 6.41. The number of hydrogen-bond acceptors (Lipinski definition) is 5. The second kappa shape index (κ2) is 8.37. The first-order valence-corrected chi connectivity index (χ1v) is 8.88. The number of ether oxygens (including phenoxy) is 1. The monoisotopic (exact) mass is 407 g/mol. The van der Waals surface area contributed by atoms with E-state index in [4.69, 9.17) is 27.9 Å². The van der Waals surface area contributed by atoms with E-state index in [1.807, 2.05) is 0 Å². The molecule has 1 aromatic heterocycles. The van der Waals surface area contributed by atoms with Crippen LogP contribution in [0.25, 0.3) is 0 Å². The minimum absolute atomic E-state index is 0.0741. The number of esters is 1. The third-order valence-electron chi connectivity index (χ3n) is 3.90. The van der Waals surface area contributed by atoms with E-state index in [1.54, 1.807) is 29.2 Å². The van der Waals surface area contributed by atoms with Gasteiger partial charge in [-0.15, -0.1) is 0 Å². The summed E-state index contributed by atoms with van der Waals surface area (Å²) in [5, 5.41) is 2.81. The molecule has 3 rings (SSSR count). The van der Waals surface area contributed by atoms with Crippen LogP contribution in [0.5, 0.6) is 0 Å². The lowest BCUT2D eigenvalue weighted by molar-refractivity contribution is -0.119. The van der Waals surface area contributed by atoms with Crippen LogP contribution in [0, 0.1) is 0 Å². The highest BCUT2D eigenvalue weighted by Gasteiger charge is 2.21. The Hall–Kier alpha value is -2.64. The molecular weight excluding hydrogens is 393 g/mol. The van der Waals surface area contributed by atoms with Crippen molar-refractivity contribution in [2.24, 2.45) is 0 Å². The number of rotatable bonds is 5. The van der Waals surface area contributed by atoms with E-state index in [2.05, 4.69) is 10.3 Å². The Labute approximate surface area is 165 Å². The van der Waals surface area contributed by atoms with Crippen molar-refractivity contribution in [2.75, 3.05) is 23.4 Å². The molecule has 1 N–H and O–H groups in total. The van der Waals surface area contributed by atoms with Gasteiger partial charge in [-0.1, -0.05) is 23.2 Å². The maximum absolute atomic E-state index is 11.9. The Bertz CT molecular complexity index is 887. The maximum atomic E-state index is 11.9. The molecule has 27 heavy (non-hydrogen) atoms. The summed E-state index contributed by atoms with van der Waals surface area (Å²) < 4.78 is 4.93. The number of carbonyl (C=O) groups excluding carboxylic acids is 3. The predicted molar refractivity (Wildman–Crippen MR) is 101 cm³/mol. The third kappa shape index (κ3) is 4.75. The molecule has 2 aromatic rings. The number of amides is 2. The molecule has 2 heterocycles. The zero-order chi connectivity index (χ0) is 19.4. The van der Waals surface area contributed by atoms with Gasteiger partial charge in [0, 0.05) is 30.5 Å². The first kappa shape index (κ1) is 19.1. The molecule has 7 nitrogen and oxygen atoms in total. The Morgan fingerprint density at radius 2 is 1.96 bits per heavy atom. The fourth-order valence-corrected chi connectivity index (χ4v) is 2.86. The number of carbonyl (C=O) groups is 3. The zero-order valence-electron chi connectivity index (χ0n) is 14.1. The molecule has 0 unspecified atom stereocenters. The van der Waals surface area contributed by atoms with E-state index in [0.29, 0.717) is 18.7 Å². The SMILES string of the molecule is O=C(COC(=O)c1cnc(Cl)c(Cl)c1)Nc1ccc(N2CCCC2=O)cc1. The average Bonchev–Trinajstić information content (AvgIpc) is 3.08. The van der Waals surface area contributed by atoms with Crippen LogP contribution in [0.2, 0.25) is 10.2 Å². The number of nitrogens with zero attached hydrogens (tertiary/aromatic N) is 2. The number of halogens is 2. The van der Waals surface area contributed by atoms with Crippen LogP contribution < -0.4 is 10.2 Å². The van der Waals surface area contributed by atoms with Crippen molar-refractivity contribution in [1.82, 2.24) is 4.98 Å². The molecular formula is C18H15Cl2N3O4. The quantitative estimate of drug-likeness (QED) is 0.606. The molecule has 0 radical (unpaired) electrons. The summed E-state index contributed by atoms with van der Waals surface area (Å²) in [7, 11) is 0. The standard InChI is InChI=1S/C18H15Cl2N3O4/c19-14-8-11(9-21-17(14)20)18(26)27-10-15(24)22-12-3-5-13(6-4-12)23-7-1-2-16(23)25/h3-6,8-9H,1-2,7,10H2,(H,22,24).